The molecule has 25 heavy (non-hydrogen) atoms. The molecular formula is C16H15KN5OS2. The van der Waals surface area contributed by atoms with E-state index < -0.39 is 0 Å². The van der Waals surface area contributed by atoms with Gasteiger partial charge in [-0.1, -0.05) is 18.3 Å². The van der Waals surface area contributed by atoms with Gasteiger partial charge in [0.2, 0.25) is 5.91 Å². The summed E-state index contributed by atoms with van der Waals surface area (Å²) in [6, 6.07) is 7.79. The van der Waals surface area contributed by atoms with Gasteiger partial charge in [0.05, 0.1) is 18.1 Å². The number of hydrogen-bond donors (Lipinski definition) is 3. The summed E-state index contributed by atoms with van der Waals surface area (Å²) in [4.78, 5) is 16.3. The number of pyridine rings is 1. The van der Waals surface area contributed by atoms with Crippen LogP contribution in [0.15, 0.2) is 42.9 Å². The summed E-state index contributed by atoms with van der Waals surface area (Å²) in [5.41, 5.74) is 8.74. The van der Waals surface area contributed by atoms with Crippen molar-refractivity contribution in [1.29, 1.82) is 0 Å². The molecule has 2 heterocycles. The second kappa shape index (κ2) is 9.22. The monoisotopic (exact) mass is 396 g/mol. The van der Waals surface area contributed by atoms with Crippen molar-refractivity contribution in [2.45, 2.75) is 6.42 Å². The SMILES string of the molecule is Cn1cc(-c2cnc3ccc(CC(=O)NNC(=S)S)cc3c2)cn1.[K]. The van der Waals surface area contributed by atoms with Crippen LogP contribution in [-0.2, 0) is 18.3 Å². The van der Waals surface area contributed by atoms with Crippen LogP contribution in [-0.4, -0.2) is 76.4 Å². The normalized spacial score (nSPS) is 10.2. The van der Waals surface area contributed by atoms with Crippen LogP contribution in [0.3, 0.4) is 0 Å². The van der Waals surface area contributed by atoms with E-state index in [2.05, 4.69) is 33.6 Å². The van der Waals surface area contributed by atoms with E-state index in [1.807, 2.05) is 43.7 Å². The molecule has 0 unspecified atom stereocenters. The molecule has 0 atom stereocenters. The summed E-state index contributed by atoms with van der Waals surface area (Å²) in [5, 5.41) is 5.15. The van der Waals surface area contributed by atoms with E-state index in [-0.39, 0.29) is 68.0 Å². The standard InChI is InChI=1S/C16H15N5OS2.K/c1-21-9-13(8-18-21)12-6-11-4-10(2-3-14(11)17-7-12)5-15(22)19-20-16(23)24;/h2-4,6-9H,5H2,1H3,(H,19,22)(H2,20,23,24);. The Hall–Kier alpha value is -0.814. The predicted molar refractivity (Wildman–Crippen MR) is 106 cm³/mol. The molecule has 1 radical (unpaired) electrons. The molecule has 2 N–H and O–H groups in total. The Bertz CT molecular complexity index is 928. The van der Waals surface area contributed by atoms with Gasteiger partial charge >= 0.3 is 0 Å². The first-order valence-electron chi connectivity index (χ1n) is 7.17. The van der Waals surface area contributed by atoms with Crippen LogP contribution in [0.25, 0.3) is 22.0 Å². The molecule has 0 spiro atoms. The Balaban J connectivity index is 0.00000225. The third kappa shape index (κ3) is 5.58. The van der Waals surface area contributed by atoms with Gasteiger partial charge in [-0.2, -0.15) is 5.10 Å². The molecule has 9 heteroatoms. The van der Waals surface area contributed by atoms with Crippen molar-refractivity contribution in [3.63, 3.8) is 0 Å². The fourth-order valence-electron chi connectivity index (χ4n) is 2.37. The predicted octanol–water partition coefficient (Wildman–Crippen LogP) is 1.63. The van der Waals surface area contributed by atoms with Crippen molar-refractivity contribution in [2.24, 2.45) is 7.05 Å². The number of aromatic nitrogens is 3. The van der Waals surface area contributed by atoms with Gasteiger partial charge in [0.25, 0.3) is 0 Å². The molecule has 0 aliphatic carbocycles. The van der Waals surface area contributed by atoms with Crippen LogP contribution in [0.2, 0.25) is 0 Å². The number of nitrogens with one attached hydrogen (secondary N) is 2. The number of thiocarbonyl (C=S) groups is 1. The van der Waals surface area contributed by atoms with Crippen LogP contribution in [0.5, 0.6) is 0 Å². The van der Waals surface area contributed by atoms with Crippen molar-refractivity contribution >= 4 is 97.4 Å². The van der Waals surface area contributed by atoms with E-state index in [9.17, 15) is 4.79 Å². The maximum Gasteiger partial charge on any atom is 0.242 e. The molecule has 1 aromatic carbocycles. The van der Waals surface area contributed by atoms with Crippen molar-refractivity contribution in [1.82, 2.24) is 25.6 Å². The average molecular weight is 397 g/mol. The van der Waals surface area contributed by atoms with Crippen LogP contribution in [0, 0.1) is 0 Å². The molecule has 2 aromatic heterocycles. The van der Waals surface area contributed by atoms with Crippen molar-refractivity contribution < 1.29 is 4.79 Å². The molecule has 0 saturated heterocycles. The number of fused-ring (bicyclic) bond motifs is 1. The van der Waals surface area contributed by atoms with E-state index >= 15 is 0 Å². The molecule has 0 bridgehead atoms. The minimum absolute atomic E-state index is 0. The molecular weight excluding hydrogens is 381 g/mol. The number of hydrogen-bond acceptors (Lipinski definition) is 4. The van der Waals surface area contributed by atoms with E-state index in [1.54, 1.807) is 10.9 Å². The number of thiol groups is 1. The zero-order valence-corrected chi connectivity index (χ0v) is 18.7. The smallest absolute Gasteiger partial charge is 0.242 e. The number of carbonyl (C=O) groups is 1. The van der Waals surface area contributed by atoms with Gasteiger partial charge < -0.3 is 0 Å². The molecule has 0 aliphatic rings. The average Bonchev–Trinajstić information content (AvgIpc) is 2.99. The number of benzene rings is 1. The van der Waals surface area contributed by atoms with Crippen molar-refractivity contribution in [3.8, 4) is 11.1 Å². The van der Waals surface area contributed by atoms with Crippen molar-refractivity contribution in [2.75, 3.05) is 0 Å². The quantitative estimate of drug-likeness (QED) is 0.272. The van der Waals surface area contributed by atoms with E-state index in [0.717, 1.165) is 27.6 Å². The van der Waals surface area contributed by atoms with Crippen LogP contribution >= 0.6 is 24.8 Å². The number of rotatable bonds is 3. The van der Waals surface area contributed by atoms with Crippen LogP contribution in [0.4, 0.5) is 0 Å². The number of amides is 1. The molecule has 123 valence electrons. The number of hydrazine groups is 1. The largest absolute Gasteiger partial charge is 0.283 e. The van der Waals surface area contributed by atoms with E-state index in [1.165, 1.54) is 0 Å². The Labute approximate surface area is 198 Å². The maximum atomic E-state index is 11.9. The summed E-state index contributed by atoms with van der Waals surface area (Å²) < 4.78 is 1.96. The molecule has 6 nitrogen and oxygen atoms in total. The first-order chi connectivity index (χ1) is 11.5. The van der Waals surface area contributed by atoms with Gasteiger partial charge in [-0.3, -0.25) is 25.3 Å². The van der Waals surface area contributed by atoms with Crippen LogP contribution < -0.4 is 10.9 Å². The molecule has 3 aromatic rings. The summed E-state index contributed by atoms with van der Waals surface area (Å²) in [6.45, 7) is 0. The Morgan fingerprint density at radius 1 is 1.24 bits per heavy atom. The molecule has 3 rings (SSSR count). The molecule has 0 fully saturated rings. The fourth-order valence-corrected chi connectivity index (χ4v) is 2.48. The maximum absolute atomic E-state index is 11.9. The zero-order chi connectivity index (χ0) is 17.1. The number of nitrogens with zero attached hydrogens (tertiary/aromatic N) is 3. The number of aryl methyl sites for hydroxylation is 1. The fraction of sp³-hybridized carbons (Fsp3) is 0.125. The van der Waals surface area contributed by atoms with Gasteiger partial charge in [0, 0.05) is 87.3 Å². The zero-order valence-electron chi connectivity index (χ0n) is 13.9. The van der Waals surface area contributed by atoms with Crippen molar-refractivity contribution in [3.05, 3.63) is 48.4 Å². The third-order valence-corrected chi connectivity index (χ3v) is 3.67. The third-order valence-electron chi connectivity index (χ3n) is 3.46. The van der Waals surface area contributed by atoms with Gasteiger partial charge in [-0.15, -0.1) is 12.6 Å². The summed E-state index contributed by atoms with van der Waals surface area (Å²) in [7, 11) is 1.87. The Morgan fingerprint density at radius 3 is 2.72 bits per heavy atom. The second-order valence-electron chi connectivity index (χ2n) is 5.31. The number of carbonyl (C=O) groups excluding carboxylic acids is 1. The van der Waals surface area contributed by atoms with Gasteiger partial charge in [0.1, 0.15) is 4.32 Å². The summed E-state index contributed by atoms with van der Waals surface area (Å²) in [6.07, 6.45) is 5.79. The molecule has 0 aliphatic heterocycles. The summed E-state index contributed by atoms with van der Waals surface area (Å²) in [5.74, 6) is -0.192. The first-order valence-corrected chi connectivity index (χ1v) is 8.02. The van der Waals surface area contributed by atoms with Gasteiger partial charge in [0.15, 0.2) is 0 Å². The topological polar surface area (TPSA) is 71.8 Å². The van der Waals surface area contributed by atoms with E-state index in [0.29, 0.717) is 0 Å². The molecule has 0 saturated carbocycles. The molecule has 1 amide bonds. The van der Waals surface area contributed by atoms with Gasteiger partial charge in [-0.25, -0.2) is 0 Å². The minimum Gasteiger partial charge on any atom is -0.283 e. The summed E-state index contributed by atoms with van der Waals surface area (Å²) >= 11 is 8.61. The van der Waals surface area contributed by atoms with Crippen LogP contribution in [0.1, 0.15) is 5.56 Å². The second-order valence-corrected chi connectivity index (χ2v) is 6.47. The minimum atomic E-state index is -0.192. The Kier molecular flexibility index (Phi) is 7.56. The Morgan fingerprint density at radius 2 is 2.04 bits per heavy atom. The van der Waals surface area contributed by atoms with E-state index in [4.69, 9.17) is 12.2 Å². The first kappa shape index (κ1) is 20.5. The van der Waals surface area contributed by atoms with Gasteiger partial charge in [-0.05, 0) is 23.8 Å².